The van der Waals surface area contributed by atoms with Gasteiger partial charge in [0.25, 0.3) is 0 Å². The molecule has 3 nitrogen and oxygen atoms in total. The molecule has 0 aliphatic carbocycles. The number of ketones is 1. The monoisotopic (exact) mass is 436 g/mol. The molecule has 0 radical (unpaired) electrons. The zero-order valence-electron chi connectivity index (χ0n) is 15.1. The zero-order valence-corrected chi connectivity index (χ0v) is 17.5. The number of hydrogen-bond donors (Lipinski definition) is 0. The van der Waals surface area contributed by atoms with Gasteiger partial charge >= 0.3 is 0 Å². The molecule has 2 aromatic rings. The molecule has 0 aromatic heterocycles. The van der Waals surface area contributed by atoms with Gasteiger partial charge in [0.1, 0.15) is 0 Å². The van der Waals surface area contributed by atoms with Gasteiger partial charge in [-0.2, -0.15) is 0 Å². The highest BCUT2D eigenvalue weighted by molar-refractivity contribution is 9.10. The van der Waals surface area contributed by atoms with Crippen LogP contribution < -0.4 is 0 Å². The van der Waals surface area contributed by atoms with Crippen LogP contribution in [0.1, 0.15) is 61.4 Å². The molecule has 0 N–H and O–H groups in total. The highest BCUT2D eigenvalue weighted by Crippen LogP contribution is 2.18. The van der Waals surface area contributed by atoms with Gasteiger partial charge in [0.15, 0.2) is 15.6 Å². The minimum absolute atomic E-state index is 0.114. The van der Waals surface area contributed by atoms with Crippen LogP contribution in [0.2, 0.25) is 0 Å². The van der Waals surface area contributed by atoms with Gasteiger partial charge in [-0.3, -0.25) is 4.79 Å². The van der Waals surface area contributed by atoms with E-state index in [1.165, 1.54) is 19.3 Å². The number of carbonyl (C=O) groups excluding carboxylic acids is 1. The fraction of sp³-hybridized carbons (Fsp3) is 0.381. The molecule has 2 rings (SSSR count). The first kappa shape index (κ1) is 20.8. The van der Waals surface area contributed by atoms with Crippen molar-refractivity contribution in [3.8, 4) is 0 Å². The lowest BCUT2D eigenvalue weighted by molar-refractivity contribution is 0.103. The van der Waals surface area contributed by atoms with Gasteiger partial charge in [-0.15, -0.1) is 0 Å². The second-order valence-electron chi connectivity index (χ2n) is 6.45. The second kappa shape index (κ2) is 10.0. The number of unbranched alkanes of at least 4 members (excludes halogenated alkanes) is 5. The third-order valence-corrected chi connectivity index (χ3v) is 6.69. The van der Waals surface area contributed by atoms with E-state index in [1.807, 2.05) is 12.1 Å². The van der Waals surface area contributed by atoms with Crippen LogP contribution in [0.4, 0.5) is 0 Å². The van der Waals surface area contributed by atoms with Crippen molar-refractivity contribution < 1.29 is 13.2 Å². The van der Waals surface area contributed by atoms with Crippen LogP contribution in [0.25, 0.3) is 0 Å². The Morgan fingerprint density at radius 2 is 1.31 bits per heavy atom. The maximum absolute atomic E-state index is 12.5. The average Bonchev–Trinajstić information content (AvgIpc) is 2.65. The summed E-state index contributed by atoms with van der Waals surface area (Å²) in [5, 5.41) is 0. The number of rotatable bonds is 10. The first-order valence-corrected chi connectivity index (χ1v) is 11.5. The largest absolute Gasteiger partial charge is 0.289 e. The lowest BCUT2D eigenvalue weighted by Gasteiger charge is -2.06. The molecule has 0 saturated heterocycles. The minimum atomic E-state index is -3.28. The van der Waals surface area contributed by atoms with Crippen LogP contribution in [0.5, 0.6) is 0 Å². The molecule has 0 amide bonds. The zero-order chi connectivity index (χ0) is 19.0. The first-order chi connectivity index (χ1) is 12.4. The Hall–Kier alpha value is -1.46. The van der Waals surface area contributed by atoms with Crippen LogP contribution in [-0.2, 0) is 9.84 Å². The van der Waals surface area contributed by atoms with E-state index in [2.05, 4.69) is 22.9 Å². The van der Waals surface area contributed by atoms with Crippen LogP contribution >= 0.6 is 15.9 Å². The normalized spacial score (nSPS) is 11.5. The summed E-state index contributed by atoms with van der Waals surface area (Å²) in [5.41, 5.74) is 1.07. The molecule has 2 aromatic carbocycles. The Morgan fingerprint density at radius 1 is 0.808 bits per heavy atom. The van der Waals surface area contributed by atoms with E-state index in [9.17, 15) is 13.2 Å². The number of benzene rings is 2. The summed E-state index contributed by atoms with van der Waals surface area (Å²) in [6.07, 6.45) is 6.28. The number of carbonyl (C=O) groups is 1. The van der Waals surface area contributed by atoms with Crippen molar-refractivity contribution in [2.45, 2.75) is 50.3 Å². The fourth-order valence-corrected chi connectivity index (χ4v) is 4.41. The molecule has 0 aliphatic rings. The van der Waals surface area contributed by atoms with Crippen molar-refractivity contribution in [1.82, 2.24) is 0 Å². The Morgan fingerprint density at radius 3 is 1.88 bits per heavy atom. The smallest absolute Gasteiger partial charge is 0.193 e. The Kier molecular flexibility index (Phi) is 8.04. The maximum Gasteiger partial charge on any atom is 0.193 e. The Bertz CT molecular complexity index is 809. The molecule has 0 atom stereocenters. The molecule has 26 heavy (non-hydrogen) atoms. The van der Waals surface area contributed by atoms with E-state index in [0.717, 1.165) is 17.3 Å². The topological polar surface area (TPSA) is 51.2 Å². The fourth-order valence-electron chi connectivity index (χ4n) is 2.77. The van der Waals surface area contributed by atoms with Gasteiger partial charge in [-0.1, -0.05) is 55.0 Å². The molecule has 5 heteroatoms. The molecular weight excluding hydrogens is 412 g/mol. The Labute approximate surface area is 164 Å². The third-order valence-electron chi connectivity index (χ3n) is 4.35. The van der Waals surface area contributed by atoms with Gasteiger partial charge in [-0.25, -0.2) is 8.42 Å². The van der Waals surface area contributed by atoms with Gasteiger partial charge in [0, 0.05) is 15.6 Å². The standard InChI is InChI=1S/C21H25BrO3S/c1-2-3-4-5-6-7-16-26(24,25)20-14-10-18(11-15-20)21(23)17-8-12-19(22)13-9-17/h8-15H,2-7,16H2,1H3. The summed E-state index contributed by atoms with van der Waals surface area (Å²) in [4.78, 5) is 12.7. The molecule has 0 bridgehead atoms. The number of sulfone groups is 1. The lowest BCUT2D eigenvalue weighted by atomic mass is 10.0. The summed E-state index contributed by atoms with van der Waals surface area (Å²) < 4.78 is 25.7. The van der Waals surface area contributed by atoms with Gasteiger partial charge in [0.2, 0.25) is 0 Å². The van der Waals surface area contributed by atoms with Gasteiger partial charge < -0.3 is 0 Å². The van der Waals surface area contributed by atoms with Crippen LogP contribution in [0.15, 0.2) is 57.9 Å². The van der Waals surface area contributed by atoms with E-state index in [0.29, 0.717) is 22.4 Å². The highest BCUT2D eigenvalue weighted by atomic mass is 79.9. The van der Waals surface area contributed by atoms with E-state index < -0.39 is 9.84 Å². The quantitative estimate of drug-likeness (QED) is 0.348. The van der Waals surface area contributed by atoms with E-state index in [4.69, 9.17) is 0 Å². The Balaban J connectivity index is 1.97. The number of halogens is 1. The number of hydrogen-bond acceptors (Lipinski definition) is 3. The van der Waals surface area contributed by atoms with Gasteiger partial charge in [0.05, 0.1) is 10.6 Å². The molecule has 0 fully saturated rings. The molecule has 0 aliphatic heterocycles. The summed E-state index contributed by atoms with van der Waals surface area (Å²) in [6, 6.07) is 13.4. The van der Waals surface area contributed by atoms with Crippen LogP contribution in [-0.4, -0.2) is 20.0 Å². The van der Waals surface area contributed by atoms with E-state index in [-0.39, 0.29) is 11.5 Å². The van der Waals surface area contributed by atoms with E-state index >= 15 is 0 Å². The predicted octanol–water partition coefficient (Wildman–Crippen LogP) is 5.81. The van der Waals surface area contributed by atoms with Crippen LogP contribution in [0.3, 0.4) is 0 Å². The summed E-state index contributed by atoms with van der Waals surface area (Å²) in [7, 11) is -3.28. The third kappa shape index (κ3) is 6.06. The molecule has 0 spiro atoms. The summed E-state index contributed by atoms with van der Waals surface area (Å²) >= 11 is 3.34. The van der Waals surface area contributed by atoms with E-state index in [1.54, 1.807) is 36.4 Å². The molecule has 0 saturated carbocycles. The minimum Gasteiger partial charge on any atom is -0.289 e. The first-order valence-electron chi connectivity index (χ1n) is 9.07. The van der Waals surface area contributed by atoms with Crippen molar-refractivity contribution >= 4 is 31.6 Å². The van der Waals surface area contributed by atoms with Crippen molar-refractivity contribution in [3.63, 3.8) is 0 Å². The molecule has 0 heterocycles. The predicted molar refractivity (Wildman–Crippen MR) is 109 cm³/mol. The van der Waals surface area contributed by atoms with Crippen molar-refractivity contribution in [2.75, 3.05) is 5.75 Å². The van der Waals surface area contributed by atoms with Gasteiger partial charge in [-0.05, 0) is 55.0 Å². The van der Waals surface area contributed by atoms with Crippen molar-refractivity contribution in [1.29, 1.82) is 0 Å². The summed E-state index contributed by atoms with van der Waals surface area (Å²) in [5.74, 6) is 0.0523. The molecular formula is C21H25BrO3S. The summed E-state index contributed by atoms with van der Waals surface area (Å²) in [6.45, 7) is 2.16. The molecule has 140 valence electrons. The highest BCUT2D eigenvalue weighted by Gasteiger charge is 2.15. The second-order valence-corrected chi connectivity index (χ2v) is 9.47. The SMILES string of the molecule is CCCCCCCCS(=O)(=O)c1ccc(C(=O)c2ccc(Br)cc2)cc1. The maximum atomic E-state index is 12.5. The molecule has 0 unspecified atom stereocenters. The van der Waals surface area contributed by atoms with Crippen molar-refractivity contribution in [2.24, 2.45) is 0 Å². The lowest BCUT2D eigenvalue weighted by Crippen LogP contribution is -2.08. The van der Waals surface area contributed by atoms with Crippen LogP contribution in [0, 0.1) is 0 Å². The average molecular weight is 437 g/mol. The van der Waals surface area contributed by atoms with Crippen molar-refractivity contribution in [3.05, 3.63) is 64.1 Å².